The number of amides is 1. The summed E-state index contributed by atoms with van der Waals surface area (Å²) >= 11 is 0. The molecule has 0 aliphatic heterocycles. The lowest BCUT2D eigenvalue weighted by Crippen LogP contribution is -2.27. The molecule has 772 valence electrons. The molecule has 0 radical (unpaired) electrons. The molecule has 0 saturated carbocycles. The van der Waals surface area contributed by atoms with Crippen molar-refractivity contribution in [2.45, 2.75) is 97.3 Å². The maximum absolute atomic E-state index is 12.0. The molecule has 39 nitrogen and oxygen atoms in total. The van der Waals surface area contributed by atoms with Crippen LogP contribution >= 0.6 is 0 Å². The van der Waals surface area contributed by atoms with Crippen LogP contribution in [0.15, 0.2) is 0 Å². The average molecular weight is 1880 g/mol. The van der Waals surface area contributed by atoms with Gasteiger partial charge in [0.1, 0.15) is 5.78 Å². The lowest BCUT2D eigenvalue weighted by molar-refractivity contribution is -0.121. The minimum atomic E-state index is 0.107. The predicted molar refractivity (Wildman–Crippen MR) is 479 cm³/mol. The Hall–Kier alpha value is -2.30. The number of unbranched alkanes of at least 4 members (excludes halogenated alkanes) is 10. The number of ether oxygens (including phenoxy) is 36. The zero-order valence-electron chi connectivity index (χ0n) is 79.8. The molecule has 0 saturated heterocycles. The third kappa shape index (κ3) is 124. The Morgan fingerprint density at radius 2 is 0.248 bits per heavy atom. The topological polar surface area (TPSA) is 378 Å². The molecule has 0 spiro atoms. The van der Waals surface area contributed by atoms with Crippen LogP contribution in [0.1, 0.15) is 97.3 Å². The van der Waals surface area contributed by atoms with Crippen LogP contribution in [0.2, 0.25) is 0 Å². The van der Waals surface area contributed by atoms with Gasteiger partial charge >= 0.3 is 0 Å². The fourth-order valence-electron chi connectivity index (χ4n) is 10.3. The lowest BCUT2D eigenvalue weighted by Gasteiger charge is -2.09. The average Bonchev–Trinajstić information content (AvgIpc) is 1.04. The predicted octanol–water partition coefficient (Wildman–Crippen LogP) is 5.38. The van der Waals surface area contributed by atoms with E-state index >= 15 is 0 Å². The van der Waals surface area contributed by atoms with Gasteiger partial charge in [-0.25, -0.2) is 0 Å². The molecule has 129 heavy (non-hydrogen) atoms. The zero-order chi connectivity index (χ0) is 92.1. The molecule has 0 bridgehead atoms. The second-order valence-electron chi connectivity index (χ2n) is 28.1. The fraction of sp³-hybridized carbons (Fsp3) is 0.978. The molecule has 39 heteroatoms. The summed E-state index contributed by atoms with van der Waals surface area (Å²) in [6.07, 6.45) is 15.1. The van der Waals surface area contributed by atoms with Gasteiger partial charge in [0.05, 0.1) is 476 Å². The highest BCUT2D eigenvalue weighted by Gasteiger charge is 2.07. The van der Waals surface area contributed by atoms with Gasteiger partial charge in [0.25, 0.3) is 0 Å². The van der Waals surface area contributed by atoms with Gasteiger partial charge in [-0.3, -0.25) is 9.59 Å². The molecule has 0 rings (SSSR count). The van der Waals surface area contributed by atoms with Gasteiger partial charge in [0.2, 0.25) is 5.91 Å². The van der Waals surface area contributed by atoms with E-state index < -0.39 is 0 Å². The molecule has 0 heterocycles. The number of rotatable bonds is 123. The van der Waals surface area contributed by atoms with Crippen LogP contribution in [-0.4, -0.2) is 494 Å². The van der Waals surface area contributed by atoms with E-state index in [9.17, 15) is 9.59 Å². The van der Waals surface area contributed by atoms with Gasteiger partial charge in [-0.2, -0.15) is 0 Å². The largest absolute Gasteiger partial charge is 0.379 e. The maximum atomic E-state index is 12.0. The van der Waals surface area contributed by atoms with E-state index in [-0.39, 0.29) is 11.7 Å². The van der Waals surface area contributed by atoms with Gasteiger partial charge in [-0.1, -0.05) is 71.1 Å². The third-order valence-corrected chi connectivity index (χ3v) is 17.2. The van der Waals surface area contributed by atoms with Crippen LogP contribution in [0.4, 0.5) is 0 Å². The van der Waals surface area contributed by atoms with Crippen molar-refractivity contribution in [3.63, 3.8) is 0 Å². The molecule has 0 aliphatic carbocycles. The molecule has 0 aromatic heterocycles. The molecule has 0 unspecified atom stereocenters. The van der Waals surface area contributed by atoms with Crippen molar-refractivity contribution in [2.24, 2.45) is 0 Å². The highest BCUT2D eigenvalue weighted by atomic mass is 16.6. The van der Waals surface area contributed by atoms with Crippen molar-refractivity contribution >= 4 is 11.7 Å². The first-order valence-corrected chi connectivity index (χ1v) is 47.7. The number of Topliss-reactive ketones (excluding diaryl/α,β-unsaturated/α-hetero) is 1. The van der Waals surface area contributed by atoms with Crippen molar-refractivity contribution in [1.29, 1.82) is 0 Å². The Bertz CT molecular complexity index is 1980. The van der Waals surface area contributed by atoms with Gasteiger partial charge in [0.15, 0.2) is 0 Å². The van der Waals surface area contributed by atoms with Crippen molar-refractivity contribution in [1.82, 2.24) is 5.32 Å². The van der Waals surface area contributed by atoms with Crippen LogP contribution < -0.4 is 5.32 Å². The van der Waals surface area contributed by atoms with Gasteiger partial charge < -0.3 is 176 Å². The minimum absolute atomic E-state index is 0.107. The Balaban J connectivity index is 3.11. The highest BCUT2D eigenvalue weighted by molar-refractivity contribution is 5.76. The van der Waals surface area contributed by atoms with E-state index in [0.29, 0.717) is 495 Å². The first-order chi connectivity index (χ1) is 64.2. The summed E-state index contributed by atoms with van der Waals surface area (Å²) in [6.45, 7) is 38.7. The van der Waals surface area contributed by atoms with Crippen molar-refractivity contribution in [3.05, 3.63) is 0 Å². The zero-order valence-corrected chi connectivity index (χ0v) is 79.8. The highest BCUT2D eigenvalue weighted by Crippen LogP contribution is 2.12. The van der Waals surface area contributed by atoms with Crippen LogP contribution in [0.25, 0.3) is 0 Å². The summed E-state index contributed by atoms with van der Waals surface area (Å²) in [5.41, 5.74) is 0. The Morgan fingerprint density at radius 1 is 0.140 bits per heavy atom. The lowest BCUT2D eigenvalue weighted by atomic mass is 10.1. The molecule has 1 amide bonds. The molecule has 0 fully saturated rings. The van der Waals surface area contributed by atoms with E-state index in [1.807, 2.05) is 0 Å². The van der Waals surface area contributed by atoms with Crippen LogP contribution in [0.3, 0.4) is 0 Å². The Labute approximate surface area is 773 Å². The molecule has 0 aromatic carbocycles. The number of carbonyl (C=O) groups is 2. The van der Waals surface area contributed by atoms with Crippen molar-refractivity contribution < 1.29 is 180 Å². The second-order valence-corrected chi connectivity index (χ2v) is 28.1. The Kier molecular flexibility index (Phi) is 120. The molecular weight excluding hydrogens is 1700 g/mol. The number of hydrogen-bond donors (Lipinski definition) is 1. The first kappa shape index (κ1) is 127. The van der Waals surface area contributed by atoms with Crippen molar-refractivity contribution in [3.8, 4) is 0 Å². The summed E-state index contributed by atoms with van der Waals surface area (Å²) in [7, 11) is 0. The first-order valence-electron chi connectivity index (χ1n) is 47.7. The summed E-state index contributed by atoms with van der Waals surface area (Å²) < 4.78 is 199. The number of ketones is 1. The second kappa shape index (κ2) is 122. The van der Waals surface area contributed by atoms with Crippen LogP contribution in [0.5, 0.6) is 0 Å². The smallest absolute Gasteiger partial charge is 0.220 e. The standard InChI is InChI=1S/C90H179NO38/c1-3-4-5-6-7-8-9-10-11-12-13-14-90(93)91-16-18-95-20-22-97-24-26-99-28-30-101-32-34-103-36-38-105-40-42-107-44-46-109-48-50-111-52-54-113-56-58-115-60-62-117-64-66-119-68-70-121-72-74-123-76-78-125-80-82-127-84-86-129-88-87-128-85-83-126-81-79-124-77-75-122-73-71-120-69-67-118-65-63-116-61-59-114-57-55-112-53-51-110-49-47-108-45-43-106-41-39-104-37-35-102-33-31-100-29-27-98-25-23-96-21-19-94-17-15-89(2)92/h3-88H2,1-2H3,(H,91,93). The van der Waals surface area contributed by atoms with E-state index in [4.69, 9.17) is 171 Å². The van der Waals surface area contributed by atoms with E-state index in [0.717, 1.165) is 12.8 Å². The molecule has 0 atom stereocenters. The van der Waals surface area contributed by atoms with Crippen LogP contribution in [0, 0.1) is 0 Å². The molecule has 0 aliphatic rings. The minimum Gasteiger partial charge on any atom is -0.379 e. The molecular formula is C90H179NO38. The Morgan fingerprint density at radius 3 is 0.372 bits per heavy atom. The number of nitrogens with one attached hydrogen (secondary N) is 1. The maximum Gasteiger partial charge on any atom is 0.220 e. The SMILES string of the molecule is CCCCCCCCCCCCCC(=O)NCCOCCOCCOCCOCCOCCOCCOCCOCCOCCOCCOCCOCCOCCOCCOCCOCCOCCOCCOCCOCCOCCOCCOCCOCCOCCOCCOCCOCCOCCOCCOCCOCCOCCOCCOCCOCCC(C)=O. The fourth-order valence-corrected chi connectivity index (χ4v) is 10.3. The third-order valence-electron chi connectivity index (χ3n) is 17.2. The summed E-state index contributed by atoms with van der Waals surface area (Å²) in [5.74, 6) is 0.226. The molecule has 0 aromatic rings. The van der Waals surface area contributed by atoms with Gasteiger partial charge in [-0.05, 0) is 13.3 Å². The number of hydrogen-bond acceptors (Lipinski definition) is 38. The summed E-state index contributed by atoms with van der Waals surface area (Å²) in [5, 5.41) is 2.93. The van der Waals surface area contributed by atoms with E-state index in [2.05, 4.69) is 12.2 Å². The van der Waals surface area contributed by atoms with E-state index in [1.54, 1.807) is 6.92 Å². The normalized spacial score (nSPS) is 11.8. The summed E-state index contributed by atoms with van der Waals surface area (Å²) in [4.78, 5) is 22.9. The molecule has 1 N–H and O–H groups in total. The van der Waals surface area contributed by atoms with Crippen LogP contribution in [-0.2, 0) is 180 Å². The van der Waals surface area contributed by atoms with Gasteiger partial charge in [-0.15, -0.1) is 0 Å². The van der Waals surface area contributed by atoms with Gasteiger partial charge in [0, 0.05) is 19.4 Å². The number of carbonyl (C=O) groups excluding carboxylic acids is 2. The quantitative estimate of drug-likeness (QED) is 0.0747. The van der Waals surface area contributed by atoms with E-state index in [1.165, 1.54) is 57.8 Å². The summed E-state index contributed by atoms with van der Waals surface area (Å²) in [6, 6.07) is 0. The monoisotopic (exact) mass is 1880 g/mol. The van der Waals surface area contributed by atoms with Crippen molar-refractivity contribution in [2.75, 3.05) is 482 Å².